The Labute approximate surface area is 162 Å². The van der Waals surface area contributed by atoms with Crippen molar-refractivity contribution >= 4 is 11.8 Å². The maximum atomic E-state index is 12.6. The van der Waals surface area contributed by atoms with Crippen molar-refractivity contribution in [2.45, 2.75) is 76.9 Å². The summed E-state index contributed by atoms with van der Waals surface area (Å²) in [5.41, 5.74) is 0.961. The SMILES string of the molecule is CCC(CC)C(=O)NC[C@]1(c2ccccc2)CC[C@H](NC(C)=O)[C@@H](O)CC1. The molecule has 1 aliphatic rings. The van der Waals surface area contributed by atoms with Crippen LogP contribution in [0.1, 0.15) is 64.9 Å². The molecule has 2 amide bonds. The van der Waals surface area contributed by atoms with E-state index in [-0.39, 0.29) is 29.2 Å². The molecule has 1 saturated carbocycles. The molecule has 5 nitrogen and oxygen atoms in total. The summed E-state index contributed by atoms with van der Waals surface area (Å²) in [6.07, 6.45) is 3.99. The Bertz CT molecular complexity index is 615. The van der Waals surface area contributed by atoms with Gasteiger partial charge in [-0.2, -0.15) is 0 Å². The molecule has 0 spiro atoms. The molecule has 1 fully saturated rings. The minimum atomic E-state index is -0.561. The number of aliphatic hydroxyl groups excluding tert-OH is 1. The molecule has 0 unspecified atom stereocenters. The first-order valence-electron chi connectivity index (χ1n) is 10.2. The largest absolute Gasteiger partial charge is 0.391 e. The summed E-state index contributed by atoms with van der Waals surface area (Å²) in [7, 11) is 0. The van der Waals surface area contributed by atoms with Gasteiger partial charge in [-0.3, -0.25) is 9.59 Å². The van der Waals surface area contributed by atoms with E-state index in [4.69, 9.17) is 0 Å². The molecule has 0 aromatic heterocycles. The monoisotopic (exact) mass is 374 g/mol. The predicted octanol–water partition coefficient (Wildman–Crippen LogP) is 2.92. The number of rotatable bonds is 7. The highest BCUT2D eigenvalue weighted by Gasteiger charge is 2.38. The second-order valence-electron chi connectivity index (χ2n) is 7.83. The summed E-state index contributed by atoms with van der Waals surface area (Å²) >= 11 is 0. The molecular weight excluding hydrogens is 340 g/mol. The zero-order valence-corrected chi connectivity index (χ0v) is 16.8. The number of benzene rings is 1. The smallest absolute Gasteiger partial charge is 0.223 e. The third-order valence-electron chi connectivity index (χ3n) is 6.05. The van der Waals surface area contributed by atoms with E-state index in [1.54, 1.807) is 0 Å². The molecule has 2 rings (SSSR count). The Kier molecular flexibility index (Phi) is 7.84. The van der Waals surface area contributed by atoms with Gasteiger partial charge in [-0.25, -0.2) is 0 Å². The normalized spacial score (nSPS) is 25.7. The third-order valence-corrected chi connectivity index (χ3v) is 6.05. The highest BCUT2D eigenvalue weighted by Crippen LogP contribution is 2.38. The van der Waals surface area contributed by atoms with Crippen LogP contribution < -0.4 is 10.6 Å². The summed E-state index contributed by atoms with van der Waals surface area (Å²) in [6.45, 7) is 6.13. The van der Waals surface area contributed by atoms with Crippen LogP contribution in [0.4, 0.5) is 0 Å². The molecule has 1 aromatic rings. The third kappa shape index (κ3) is 5.55. The molecule has 3 N–H and O–H groups in total. The fourth-order valence-electron chi connectivity index (χ4n) is 4.22. The van der Waals surface area contributed by atoms with Gasteiger partial charge < -0.3 is 15.7 Å². The number of hydrogen-bond acceptors (Lipinski definition) is 3. The van der Waals surface area contributed by atoms with Crippen LogP contribution in [0.5, 0.6) is 0 Å². The van der Waals surface area contributed by atoms with E-state index >= 15 is 0 Å². The van der Waals surface area contributed by atoms with E-state index in [9.17, 15) is 14.7 Å². The van der Waals surface area contributed by atoms with Gasteiger partial charge >= 0.3 is 0 Å². The van der Waals surface area contributed by atoms with E-state index in [1.165, 1.54) is 12.5 Å². The maximum Gasteiger partial charge on any atom is 0.223 e. The van der Waals surface area contributed by atoms with Gasteiger partial charge in [0.15, 0.2) is 0 Å². The second-order valence-corrected chi connectivity index (χ2v) is 7.83. The number of carbonyl (C=O) groups is 2. The Hall–Kier alpha value is -1.88. The van der Waals surface area contributed by atoms with Crippen molar-refractivity contribution in [3.63, 3.8) is 0 Å². The minimum absolute atomic E-state index is 0.0429. The van der Waals surface area contributed by atoms with Crippen LogP contribution in [0.15, 0.2) is 30.3 Å². The van der Waals surface area contributed by atoms with Crippen LogP contribution in [0.25, 0.3) is 0 Å². The van der Waals surface area contributed by atoms with E-state index in [1.807, 2.05) is 32.0 Å². The Morgan fingerprint density at radius 1 is 1.15 bits per heavy atom. The Balaban J connectivity index is 2.21. The van der Waals surface area contributed by atoms with Crippen molar-refractivity contribution in [3.05, 3.63) is 35.9 Å². The number of aliphatic hydroxyl groups is 1. The minimum Gasteiger partial charge on any atom is -0.391 e. The summed E-state index contributed by atoms with van der Waals surface area (Å²) in [5.74, 6) is 0.0353. The number of carbonyl (C=O) groups excluding carboxylic acids is 2. The summed E-state index contributed by atoms with van der Waals surface area (Å²) in [4.78, 5) is 24.0. The van der Waals surface area contributed by atoms with Gasteiger partial charge in [-0.05, 0) is 44.1 Å². The molecule has 1 aromatic carbocycles. The highest BCUT2D eigenvalue weighted by molar-refractivity contribution is 5.78. The molecule has 1 aliphatic carbocycles. The topological polar surface area (TPSA) is 78.4 Å². The van der Waals surface area contributed by atoms with Crippen molar-refractivity contribution in [3.8, 4) is 0 Å². The molecule has 0 radical (unpaired) electrons. The number of nitrogens with one attached hydrogen (secondary N) is 2. The van der Waals surface area contributed by atoms with Gasteiger partial charge in [0.2, 0.25) is 11.8 Å². The highest BCUT2D eigenvalue weighted by atomic mass is 16.3. The van der Waals surface area contributed by atoms with E-state index in [0.717, 1.165) is 25.7 Å². The average molecular weight is 375 g/mol. The lowest BCUT2D eigenvalue weighted by Gasteiger charge is -2.34. The van der Waals surface area contributed by atoms with E-state index < -0.39 is 6.10 Å². The molecule has 3 atom stereocenters. The van der Waals surface area contributed by atoms with Gasteiger partial charge in [-0.1, -0.05) is 44.2 Å². The molecule has 0 aliphatic heterocycles. The van der Waals surface area contributed by atoms with Gasteiger partial charge in [0, 0.05) is 24.8 Å². The molecular formula is C22H34N2O3. The van der Waals surface area contributed by atoms with Gasteiger partial charge in [0.05, 0.1) is 12.1 Å². The lowest BCUT2D eigenvalue weighted by Crippen LogP contribution is -2.43. The quantitative estimate of drug-likeness (QED) is 0.642. The first-order valence-corrected chi connectivity index (χ1v) is 10.2. The first-order chi connectivity index (χ1) is 12.9. The fourth-order valence-corrected chi connectivity index (χ4v) is 4.22. The van der Waals surface area contributed by atoms with Crippen LogP contribution in [0.3, 0.4) is 0 Å². The van der Waals surface area contributed by atoms with Crippen LogP contribution in [-0.4, -0.2) is 35.6 Å². The Morgan fingerprint density at radius 2 is 1.78 bits per heavy atom. The van der Waals surface area contributed by atoms with E-state index in [0.29, 0.717) is 19.4 Å². The van der Waals surface area contributed by atoms with Crippen LogP contribution in [-0.2, 0) is 15.0 Å². The molecule has 27 heavy (non-hydrogen) atoms. The van der Waals surface area contributed by atoms with Crippen LogP contribution >= 0.6 is 0 Å². The van der Waals surface area contributed by atoms with Crippen LogP contribution in [0, 0.1) is 5.92 Å². The summed E-state index contributed by atoms with van der Waals surface area (Å²) < 4.78 is 0. The molecule has 0 saturated heterocycles. The average Bonchev–Trinajstić information content (AvgIpc) is 2.82. The van der Waals surface area contributed by atoms with Gasteiger partial charge in [-0.15, -0.1) is 0 Å². The standard InChI is InChI=1S/C22H34N2O3/c1-4-17(5-2)21(27)23-15-22(18-9-7-6-8-10-18)13-11-19(24-16(3)25)20(26)12-14-22/h6-10,17,19-20,26H,4-5,11-15H2,1-3H3,(H,23,27)(H,24,25)/t19-,20-,22-/m0/s1. The van der Waals surface area contributed by atoms with Gasteiger partial charge in [0.25, 0.3) is 0 Å². The van der Waals surface area contributed by atoms with Crippen molar-refractivity contribution in [2.24, 2.45) is 5.92 Å². The first kappa shape index (κ1) is 21.4. The number of amides is 2. The zero-order valence-electron chi connectivity index (χ0n) is 16.8. The lowest BCUT2D eigenvalue weighted by atomic mass is 9.74. The van der Waals surface area contributed by atoms with Crippen molar-refractivity contribution in [1.29, 1.82) is 0 Å². The lowest BCUT2D eigenvalue weighted by molar-refractivity contribution is -0.125. The summed E-state index contributed by atoms with van der Waals surface area (Å²) in [6, 6.07) is 10.0. The van der Waals surface area contributed by atoms with Gasteiger partial charge in [0.1, 0.15) is 0 Å². The fraction of sp³-hybridized carbons (Fsp3) is 0.636. The van der Waals surface area contributed by atoms with Crippen molar-refractivity contribution in [2.75, 3.05) is 6.54 Å². The second kappa shape index (κ2) is 9.88. The molecule has 0 heterocycles. The van der Waals surface area contributed by atoms with Crippen molar-refractivity contribution < 1.29 is 14.7 Å². The van der Waals surface area contributed by atoms with Crippen molar-refractivity contribution in [1.82, 2.24) is 10.6 Å². The summed E-state index contributed by atoms with van der Waals surface area (Å²) in [5, 5.41) is 16.6. The van der Waals surface area contributed by atoms with Crippen LogP contribution in [0.2, 0.25) is 0 Å². The Morgan fingerprint density at radius 3 is 2.37 bits per heavy atom. The molecule has 5 heteroatoms. The predicted molar refractivity (Wildman–Crippen MR) is 107 cm³/mol. The number of hydrogen-bond donors (Lipinski definition) is 3. The maximum absolute atomic E-state index is 12.6. The zero-order chi connectivity index (χ0) is 19.9. The molecule has 0 bridgehead atoms. The molecule has 150 valence electrons. The van der Waals surface area contributed by atoms with E-state index in [2.05, 4.69) is 22.8 Å².